The van der Waals surface area contributed by atoms with Crippen molar-refractivity contribution in [2.75, 3.05) is 19.8 Å². The lowest BCUT2D eigenvalue weighted by molar-refractivity contribution is -0.139. The maximum atomic E-state index is 11.6. The third kappa shape index (κ3) is 5.35. The fourth-order valence-electron chi connectivity index (χ4n) is 1.94. The van der Waals surface area contributed by atoms with Crippen LogP contribution in [0.3, 0.4) is 0 Å². The summed E-state index contributed by atoms with van der Waals surface area (Å²) >= 11 is 0. The molecule has 104 valence electrons. The number of aliphatic carboxylic acids is 1. The van der Waals surface area contributed by atoms with Crippen molar-refractivity contribution < 1.29 is 19.4 Å². The molecule has 1 aliphatic rings. The highest BCUT2D eigenvalue weighted by Crippen LogP contribution is 2.12. The first kappa shape index (κ1) is 14.8. The molecule has 0 spiro atoms. The fraction of sp³-hybridized carbons (Fsp3) is 0.833. The van der Waals surface area contributed by atoms with Gasteiger partial charge in [0.15, 0.2) is 0 Å². The topological polar surface area (TPSA) is 87.7 Å². The number of ether oxygens (including phenoxy) is 1. The minimum absolute atomic E-state index is 0.401. The van der Waals surface area contributed by atoms with Gasteiger partial charge in [0.1, 0.15) is 6.04 Å². The average Bonchev–Trinajstić information content (AvgIpc) is 2.37. The van der Waals surface area contributed by atoms with Crippen molar-refractivity contribution in [3.05, 3.63) is 0 Å². The van der Waals surface area contributed by atoms with Crippen LogP contribution in [0, 0.1) is 5.92 Å². The largest absolute Gasteiger partial charge is 0.480 e. The Balaban J connectivity index is 2.24. The van der Waals surface area contributed by atoms with Crippen molar-refractivity contribution in [2.24, 2.45) is 5.92 Å². The Morgan fingerprint density at radius 2 is 2.06 bits per heavy atom. The van der Waals surface area contributed by atoms with E-state index in [1.54, 1.807) is 0 Å². The lowest BCUT2D eigenvalue weighted by Gasteiger charge is -2.22. The molecule has 1 rings (SSSR count). The first-order valence-electron chi connectivity index (χ1n) is 6.48. The van der Waals surface area contributed by atoms with Gasteiger partial charge in [-0.3, -0.25) is 0 Å². The molecule has 0 saturated carbocycles. The van der Waals surface area contributed by atoms with Crippen molar-refractivity contribution >= 4 is 12.0 Å². The van der Waals surface area contributed by atoms with Crippen molar-refractivity contribution in [3.8, 4) is 0 Å². The fourth-order valence-corrected chi connectivity index (χ4v) is 1.94. The quantitative estimate of drug-likeness (QED) is 0.662. The number of rotatable bonds is 6. The summed E-state index contributed by atoms with van der Waals surface area (Å²) < 4.78 is 5.23. The van der Waals surface area contributed by atoms with Gasteiger partial charge in [0.2, 0.25) is 0 Å². The summed E-state index contributed by atoms with van der Waals surface area (Å²) in [5, 5.41) is 14.1. The number of hydrogen-bond donors (Lipinski definition) is 3. The molecular formula is C12H22N2O4. The lowest BCUT2D eigenvalue weighted by Crippen LogP contribution is -2.47. The second-order valence-electron chi connectivity index (χ2n) is 4.59. The molecule has 0 aromatic carbocycles. The van der Waals surface area contributed by atoms with Crippen molar-refractivity contribution in [3.63, 3.8) is 0 Å². The smallest absolute Gasteiger partial charge is 0.326 e. The van der Waals surface area contributed by atoms with Gasteiger partial charge < -0.3 is 20.5 Å². The summed E-state index contributed by atoms with van der Waals surface area (Å²) in [6.45, 7) is 3.94. The number of carbonyl (C=O) groups excluding carboxylic acids is 1. The average molecular weight is 258 g/mol. The van der Waals surface area contributed by atoms with Crippen LogP contribution in [0.15, 0.2) is 0 Å². The molecule has 0 radical (unpaired) electrons. The Kier molecular flexibility index (Phi) is 6.49. The molecule has 0 aliphatic carbocycles. The molecule has 0 bridgehead atoms. The molecule has 1 aliphatic heterocycles. The zero-order chi connectivity index (χ0) is 13.4. The van der Waals surface area contributed by atoms with E-state index in [0.29, 0.717) is 18.9 Å². The summed E-state index contributed by atoms with van der Waals surface area (Å²) in [5.74, 6) is -0.558. The van der Waals surface area contributed by atoms with Crippen molar-refractivity contribution in [1.29, 1.82) is 0 Å². The van der Waals surface area contributed by atoms with Crippen LogP contribution in [0.25, 0.3) is 0 Å². The highest BCUT2D eigenvalue weighted by molar-refractivity contribution is 5.82. The van der Waals surface area contributed by atoms with Gasteiger partial charge in [-0.15, -0.1) is 0 Å². The standard InChI is InChI=1S/C12H22N2O4/c1-2-3-10(11(15)16)14-12(17)13-8-9-4-6-18-7-5-9/h9-10H,2-8H2,1H3,(H,15,16)(H2,13,14,17)/t10-/m0/s1. The van der Waals surface area contributed by atoms with Crippen LogP contribution in [-0.2, 0) is 9.53 Å². The van der Waals surface area contributed by atoms with Crippen LogP contribution < -0.4 is 10.6 Å². The lowest BCUT2D eigenvalue weighted by atomic mass is 10.0. The van der Waals surface area contributed by atoms with Crippen molar-refractivity contribution in [1.82, 2.24) is 10.6 Å². The van der Waals surface area contributed by atoms with Gasteiger partial charge in [-0.2, -0.15) is 0 Å². The summed E-state index contributed by atoms with van der Waals surface area (Å²) in [7, 11) is 0. The highest BCUT2D eigenvalue weighted by atomic mass is 16.5. The first-order valence-corrected chi connectivity index (χ1v) is 6.48. The van der Waals surface area contributed by atoms with Crippen LogP contribution in [0.4, 0.5) is 4.79 Å². The maximum Gasteiger partial charge on any atom is 0.326 e. The third-order valence-corrected chi connectivity index (χ3v) is 3.07. The van der Waals surface area contributed by atoms with E-state index < -0.39 is 18.0 Å². The van der Waals surface area contributed by atoms with E-state index in [-0.39, 0.29) is 0 Å². The Labute approximate surface area is 107 Å². The van der Waals surface area contributed by atoms with Gasteiger partial charge in [0.05, 0.1) is 0 Å². The Bertz CT molecular complexity index is 277. The normalized spacial score (nSPS) is 18.1. The molecule has 1 fully saturated rings. The molecule has 1 saturated heterocycles. The Hall–Kier alpha value is -1.30. The van der Waals surface area contributed by atoms with Crippen LogP contribution in [-0.4, -0.2) is 42.9 Å². The second-order valence-corrected chi connectivity index (χ2v) is 4.59. The molecule has 6 nitrogen and oxygen atoms in total. The molecule has 3 N–H and O–H groups in total. The molecule has 18 heavy (non-hydrogen) atoms. The van der Waals surface area contributed by atoms with Gasteiger partial charge in [-0.1, -0.05) is 13.3 Å². The monoisotopic (exact) mass is 258 g/mol. The number of carboxylic acid groups (broad SMARTS) is 1. The second kappa shape index (κ2) is 7.92. The summed E-state index contributed by atoms with van der Waals surface area (Å²) in [6, 6.07) is -1.20. The Morgan fingerprint density at radius 1 is 1.39 bits per heavy atom. The third-order valence-electron chi connectivity index (χ3n) is 3.07. The van der Waals surface area contributed by atoms with E-state index in [2.05, 4.69) is 10.6 Å². The molecule has 2 amide bonds. The predicted octanol–water partition coefficient (Wildman–Crippen LogP) is 0.965. The van der Waals surface area contributed by atoms with E-state index in [0.717, 1.165) is 32.5 Å². The summed E-state index contributed by atoms with van der Waals surface area (Å²) in [5.41, 5.74) is 0. The molecule has 0 unspecified atom stereocenters. The number of amides is 2. The van der Waals surface area contributed by atoms with Crippen LogP contribution in [0.5, 0.6) is 0 Å². The van der Waals surface area contributed by atoms with Crippen molar-refractivity contribution in [2.45, 2.75) is 38.6 Å². The van der Waals surface area contributed by atoms with Gasteiger partial charge in [-0.05, 0) is 25.2 Å². The molecule has 0 aromatic rings. The molecule has 1 heterocycles. The maximum absolute atomic E-state index is 11.6. The van der Waals surface area contributed by atoms with Gasteiger partial charge >= 0.3 is 12.0 Å². The van der Waals surface area contributed by atoms with Gasteiger partial charge in [-0.25, -0.2) is 9.59 Å². The SMILES string of the molecule is CCC[C@H](NC(=O)NCC1CCOCC1)C(=O)O. The first-order chi connectivity index (χ1) is 8.63. The predicted molar refractivity (Wildman–Crippen MR) is 66.4 cm³/mol. The molecule has 0 aromatic heterocycles. The van der Waals surface area contributed by atoms with E-state index in [9.17, 15) is 9.59 Å². The zero-order valence-electron chi connectivity index (χ0n) is 10.8. The van der Waals surface area contributed by atoms with Crippen LogP contribution in [0.2, 0.25) is 0 Å². The molecular weight excluding hydrogens is 236 g/mol. The van der Waals surface area contributed by atoms with E-state index in [1.807, 2.05) is 6.92 Å². The zero-order valence-corrected chi connectivity index (χ0v) is 10.8. The number of nitrogens with one attached hydrogen (secondary N) is 2. The molecule has 1 atom stereocenters. The molecule has 6 heteroatoms. The van der Waals surface area contributed by atoms with Crippen LogP contribution >= 0.6 is 0 Å². The van der Waals surface area contributed by atoms with E-state index in [1.165, 1.54) is 0 Å². The summed E-state index contributed by atoms with van der Waals surface area (Å²) in [6.07, 6.45) is 3.05. The number of urea groups is 1. The number of carbonyl (C=O) groups is 2. The van der Waals surface area contributed by atoms with Gasteiger partial charge in [0.25, 0.3) is 0 Å². The minimum Gasteiger partial charge on any atom is -0.480 e. The summed E-state index contributed by atoms with van der Waals surface area (Å²) in [4.78, 5) is 22.4. The highest BCUT2D eigenvalue weighted by Gasteiger charge is 2.19. The van der Waals surface area contributed by atoms with E-state index in [4.69, 9.17) is 9.84 Å². The minimum atomic E-state index is -0.988. The number of carboxylic acids is 1. The Morgan fingerprint density at radius 3 is 2.61 bits per heavy atom. The van der Waals surface area contributed by atoms with Gasteiger partial charge in [0, 0.05) is 19.8 Å². The van der Waals surface area contributed by atoms with Crippen LogP contribution in [0.1, 0.15) is 32.6 Å². The van der Waals surface area contributed by atoms with E-state index >= 15 is 0 Å². The number of hydrogen-bond acceptors (Lipinski definition) is 3.